The van der Waals surface area contributed by atoms with Crippen molar-refractivity contribution in [3.63, 3.8) is 0 Å². The lowest BCUT2D eigenvalue weighted by molar-refractivity contribution is 0.131. The summed E-state index contributed by atoms with van der Waals surface area (Å²) < 4.78 is 0. The van der Waals surface area contributed by atoms with E-state index in [1.165, 1.54) is 0 Å². The van der Waals surface area contributed by atoms with Crippen LogP contribution < -0.4 is 5.73 Å². The van der Waals surface area contributed by atoms with Crippen LogP contribution in [0.2, 0.25) is 0 Å². The van der Waals surface area contributed by atoms with Crippen LogP contribution in [0.15, 0.2) is 5.16 Å². The highest BCUT2D eigenvalue weighted by Crippen LogP contribution is 2.26. The molecule has 0 saturated heterocycles. The fourth-order valence-corrected chi connectivity index (χ4v) is 1.57. The summed E-state index contributed by atoms with van der Waals surface area (Å²) in [4.78, 5) is 2.33. The third kappa shape index (κ3) is 4.94. The largest absolute Gasteiger partial charge is 0.409 e. The molecule has 0 aliphatic carbocycles. The highest BCUT2D eigenvalue weighted by Gasteiger charge is 2.27. The van der Waals surface area contributed by atoms with Crippen LogP contribution in [0.5, 0.6) is 0 Å². The molecule has 0 aliphatic rings. The fraction of sp³-hybridized carbons (Fsp3) is 0.923. The number of nitrogens with zero attached hydrogens (tertiary/aromatic N) is 2. The minimum atomic E-state index is -0.263. The number of hydrogen-bond acceptors (Lipinski definition) is 3. The van der Waals surface area contributed by atoms with Gasteiger partial charge in [-0.15, -0.1) is 0 Å². The summed E-state index contributed by atoms with van der Waals surface area (Å²) in [6, 6.07) is 0.491. The predicted octanol–water partition coefficient (Wildman–Crippen LogP) is 2.52. The molecule has 0 aromatic heterocycles. The van der Waals surface area contributed by atoms with Crippen LogP contribution in [0.3, 0.4) is 0 Å². The molecule has 0 bridgehead atoms. The van der Waals surface area contributed by atoms with Gasteiger partial charge in [-0.05, 0) is 32.4 Å². The first-order valence-electron chi connectivity index (χ1n) is 6.20. The Morgan fingerprint density at radius 2 is 1.76 bits per heavy atom. The molecule has 0 aromatic rings. The smallest absolute Gasteiger partial charge is 0.144 e. The average Bonchev–Trinajstić information content (AvgIpc) is 2.22. The average molecular weight is 243 g/mol. The Balaban J connectivity index is 4.40. The first kappa shape index (κ1) is 16.2. The Morgan fingerprint density at radius 3 is 2.12 bits per heavy atom. The molecule has 0 saturated carbocycles. The lowest BCUT2D eigenvalue weighted by Gasteiger charge is -2.37. The summed E-state index contributed by atoms with van der Waals surface area (Å²) in [5, 5.41) is 11.8. The maximum Gasteiger partial charge on any atom is 0.144 e. The lowest BCUT2D eigenvalue weighted by Crippen LogP contribution is -2.42. The number of rotatable bonds is 5. The van der Waals surface area contributed by atoms with E-state index >= 15 is 0 Å². The van der Waals surface area contributed by atoms with Crippen LogP contribution >= 0.6 is 0 Å². The van der Waals surface area contributed by atoms with E-state index in [1.54, 1.807) is 0 Å². The number of amidine groups is 1. The van der Waals surface area contributed by atoms with E-state index in [0.717, 1.165) is 13.0 Å². The lowest BCUT2D eigenvalue weighted by atomic mass is 9.85. The van der Waals surface area contributed by atoms with Crippen molar-refractivity contribution in [2.75, 3.05) is 13.6 Å². The van der Waals surface area contributed by atoms with Crippen molar-refractivity contribution in [3.05, 3.63) is 0 Å². The van der Waals surface area contributed by atoms with Gasteiger partial charge in [-0.1, -0.05) is 39.8 Å². The number of hydrogen-bond donors (Lipinski definition) is 2. The highest BCUT2D eigenvalue weighted by atomic mass is 16.4. The molecular weight excluding hydrogens is 214 g/mol. The summed E-state index contributed by atoms with van der Waals surface area (Å²) in [7, 11) is 2.12. The molecule has 0 heterocycles. The molecule has 0 rings (SSSR count). The first-order chi connectivity index (χ1) is 7.52. The summed E-state index contributed by atoms with van der Waals surface area (Å²) >= 11 is 0. The Kier molecular flexibility index (Phi) is 5.46. The van der Waals surface area contributed by atoms with Gasteiger partial charge in [0, 0.05) is 11.5 Å². The van der Waals surface area contributed by atoms with Gasteiger partial charge in [-0.3, -0.25) is 0 Å². The first-order valence-corrected chi connectivity index (χ1v) is 6.20. The third-order valence-corrected chi connectivity index (χ3v) is 3.81. The second-order valence-electron chi connectivity index (χ2n) is 6.64. The number of oxime groups is 1. The van der Waals surface area contributed by atoms with E-state index in [9.17, 15) is 0 Å². The van der Waals surface area contributed by atoms with Crippen LogP contribution in [-0.2, 0) is 0 Å². The van der Waals surface area contributed by atoms with Gasteiger partial charge in [0.2, 0.25) is 0 Å². The van der Waals surface area contributed by atoms with Crippen LogP contribution in [0.1, 0.15) is 48.0 Å². The molecule has 0 amide bonds. The van der Waals surface area contributed by atoms with E-state index in [-0.39, 0.29) is 10.8 Å². The quantitative estimate of drug-likeness (QED) is 0.337. The number of nitrogens with two attached hydrogens (primary N) is 1. The van der Waals surface area contributed by atoms with Crippen molar-refractivity contribution in [2.24, 2.45) is 21.7 Å². The van der Waals surface area contributed by atoms with E-state index in [4.69, 9.17) is 10.9 Å². The molecule has 0 aromatic carbocycles. The van der Waals surface area contributed by atoms with Gasteiger partial charge in [0.1, 0.15) is 5.84 Å². The Bertz CT molecular complexity index is 266. The zero-order valence-corrected chi connectivity index (χ0v) is 12.4. The maximum absolute atomic E-state index is 8.72. The molecule has 3 N–H and O–H groups in total. The van der Waals surface area contributed by atoms with Crippen LogP contribution in [0.4, 0.5) is 0 Å². The van der Waals surface area contributed by atoms with E-state index in [1.807, 2.05) is 13.8 Å². The fourth-order valence-electron chi connectivity index (χ4n) is 1.57. The highest BCUT2D eigenvalue weighted by molar-refractivity contribution is 5.85. The van der Waals surface area contributed by atoms with E-state index in [0.29, 0.717) is 11.9 Å². The van der Waals surface area contributed by atoms with Crippen LogP contribution in [0.25, 0.3) is 0 Å². The maximum atomic E-state index is 8.72. The standard InChI is InChI=1S/C13H29N3O/c1-10(12(2,3)4)16(7)9-8-13(5,6)11(14)15-17/h10,17H,8-9H2,1-7H3,(H2,14,15). The van der Waals surface area contributed by atoms with Crippen LogP contribution in [-0.4, -0.2) is 35.6 Å². The van der Waals surface area contributed by atoms with Crippen molar-refractivity contribution in [1.82, 2.24) is 4.90 Å². The molecular formula is C13H29N3O. The summed E-state index contributed by atoms with van der Waals surface area (Å²) in [5.74, 6) is 0.300. The zero-order valence-electron chi connectivity index (χ0n) is 12.4. The van der Waals surface area contributed by atoms with Crippen molar-refractivity contribution < 1.29 is 5.21 Å². The molecule has 0 radical (unpaired) electrons. The van der Waals surface area contributed by atoms with Gasteiger partial charge in [0.25, 0.3) is 0 Å². The molecule has 0 aliphatic heterocycles. The third-order valence-electron chi connectivity index (χ3n) is 3.81. The van der Waals surface area contributed by atoms with Gasteiger partial charge in [0.05, 0.1) is 0 Å². The van der Waals surface area contributed by atoms with Crippen molar-refractivity contribution in [3.8, 4) is 0 Å². The second-order valence-corrected chi connectivity index (χ2v) is 6.64. The Hall–Kier alpha value is -0.770. The minimum absolute atomic E-state index is 0.259. The molecule has 1 atom stereocenters. The van der Waals surface area contributed by atoms with Gasteiger partial charge >= 0.3 is 0 Å². The van der Waals surface area contributed by atoms with Crippen molar-refractivity contribution >= 4 is 5.84 Å². The van der Waals surface area contributed by atoms with Gasteiger partial charge in [-0.2, -0.15) is 0 Å². The van der Waals surface area contributed by atoms with Gasteiger partial charge in [0.15, 0.2) is 0 Å². The summed E-state index contributed by atoms with van der Waals surface area (Å²) in [6.07, 6.45) is 0.875. The zero-order chi connectivity index (χ0) is 13.9. The summed E-state index contributed by atoms with van der Waals surface area (Å²) in [6.45, 7) is 13.9. The van der Waals surface area contributed by atoms with Gasteiger partial charge < -0.3 is 15.8 Å². The van der Waals surface area contributed by atoms with Crippen molar-refractivity contribution in [2.45, 2.75) is 54.0 Å². The predicted molar refractivity (Wildman–Crippen MR) is 73.4 cm³/mol. The molecule has 0 fully saturated rings. The SMILES string of the molecule is CC(N(C)CCC(C)(C)C(N)=NO)C(C)(C)C. The minimum Gasteiger partial charge on any atom is -0.409 e. The molecule has 1 unspecified atom stereocenters. The van der Waals surface area contributed by atoms with E-state index < -0.39 is 0 Å². The molecule has 17 heavy (non-hydrogen) atoms. The van der Waals surface area contributed by atoms with E-state index in [2.05, 4.69) is 44.8 Å². The Labute approximate surface area is 106 Å². The monoisotopic (exact) mass is 243 g/mol. The molecule has 0 spiro atoms. The van der Waals surface area contributed by atoms with Crippen molar-refractivity contribution in [1.29, 1.82) is 0 Å². The topological polar surface area (TPSA) is 61.8 Å². The van der Waals surface area contributed by atoms with Crippen LogP contribution in [0, 0.1) is 10.8 Å². The summed E-state index contributed by atoms with van der Waals surface area (Å²) in [5.41, 5.74) is 5.68. The van der Waals surface area contributed by atoms with Gasteiger partial charge in [-0.25, -0.2) is 0 Å². The molecule has 4 nitrogen and oxygen atoms in total. The Morgan fingerprint density at radius 1 is 1.29 bits per heavy atom. The normalized spacial score (nSPS) is 16.4. The molecule has 102 valence electrons. The second kappa shape index (κ2) is 5.71. The molecule has 4 heteroatoms.